The van der Waals surface area contributed by atoms with Crippen molar-refractivity contribution in [3.63, 3.8) is 0 Å². The minimum Gasteiger partial charge on any atom is -0.435 e. The molecule has 0 radical (unpaired) electrons. The molecule has 312 valence electrons. The van der Waals surface area contributed by atoms with Gasteiger partial charge in [0, 0.05) is 60.7 Å². The predicted molar refractivity (Wildman–Crippen MR) is 230 cm³/mol. The number of hydrogen-bond acceptors (Lipinski definition) is 7. The summed E-state index contributed by atoms with van der Waals surface area (Å²) in [7, 11) is 0.500. The zero-order valence-electron chi connectivity index (χ0n) is 35.7. The van der Waals surface area contributed by atoms with Crippen LogP contribution in [0.15, 0.2) is 54.9 Å². The van der Waals surface area contributed by atoms with E-state index < -0.39 is 17.5 Å². The van der Waals surface area contributed by atoms with Crippen molar-refractivity contribution in [3.8, 4) is 11.6 Å². The van der Waals surface area contributed by atoms with Gasteiger partial charge in [-0.25, -0.2) is 18.7 Å². The van der Waals surface area contributed by atoms with Gasteiger partial charge in [0.2, 0.25) is 5.88 Å². The maximum Gasteiger partial charge on any atom is 0.260 e. The second-order valence-corrected chi connectivity index (χ2v) is 12.9. The number of carbonyl (C=O) groups excluding carboxylic acids is 1. The number of fused-ring (bicyclic) bond motifs is 1. The minimum absolute atomic E-state index is 0.00994. The summed E-state index contributed by atoms with van der Waals surface area (Å²) in [5.41, 5.74) is 2.47. The Morgan fingerprint density at radius 1 is 0.929 bits per heavy atom. The van der Waals surface area contributed by atoms with Gasteiger partial charge in [-0.3, -0.25) is 9.18 Å². The standard InChI is InChI=1S/C27H27F2N7O2.C4H8.C4H10.C4H8.2C2H6.CH3F/c1-15-12-19-23(29)21(13-20(28)24(19)33-15)38-27-22(26(37)35-17-2-3-17)25(31-14-32-27)34-16-4-6-18(7-5-16)36-10-8-30-9-11-36;1-4-2-3-4;2*1-3-4-2;3*1-2/h4-7,12-14,17,30,33H,2-3,8-11H2,1H3,(H,35,37)(H,31,32,34);4H,2-3H2,1H3;3-4H2,1-2H3;3-4H,1-2H3;2*1-2H3;1H3/b;;;4-3+;;;. The van der Waals surface area contributed by atoms with Gasteiger partial charge in [0.15, 0.2) is 23.2 Å². The van der Waals surface area contributed by atoms with E-state index in [0.29, 0.717) is 18.6 Å². The molecule has 2 aromatic carbocycles. The molecular formula is C44H68F3N7O2. The maximum absolute atomic E-state index is 15.3. The number of amides is 1. The third-order valence-electron chi connectivity index (χ3n) is 8.37. The van der Waals surface area contributed by atoms with Gasteiger partial charge < -0.3 is 30.6 Å². The molecule has 4 N–H and O–H groups in total. The van der Waals surface area contributed by atoms with Crippen molar-refractivity contribution >= 4 is 34.0 Å². The summed E-state index contributed by atoms with van der Waals surface area (Å²) in [6, 6.07) is 10.3. The monoisotopic (exact) mass is 784 g/mol. The van der Waals surface area contributed by atoms with E-state index >= 15 is 4.39 Å². The van der Waals surface area contributed by atoms with Crippen molar-refractivity contribution in [1.29, 1.82) is 0 Å². The number of nitrogens with zero attached hydrogens (tertiary/aromatic N) is 3. The van der Waals surface area contributed by atoms with Gasteiger partial charge in [-0.2, -0.15) is 0 Å². The zero-order chi connectivity index (χ0) is 42.0. The van der Waals surface area contributed by atoms with E-state index in [0.717, 1.165) is 56.7 Å². The number of carbonyl (C=O) groups is 1. The first-order chi connectivity index (χ1) is 27.2. The molecule has 4 aromatic rings. The molecule has 7 rings (SSSR count). The average Bonchev–Trinajstić information content (AvgIpc) is 4.19. The Hall–Kier alpha value is -4.58. The van der Waals surface area contributed by atoms with E-state index in [4.69, 9.17) is 4.74 Å². The Balaban J connectivity index is 0.000000738. The molecule has 2 aliphatic carbocycles. The van der Waals surface area contributed by atoms with Gasteiger partial charge in [0.25, 0.3) is 5.91 Å². The number of hydrogen-bond donors (Lipinski definition) is 4. The molecule has 2 aromatic heterocycles. The molecule has 1 saturated heterocycles. The fourth-order valence-corrected chi connectivity index (χ4v) is 4.73. The number of piperazine rings is 1. The number of anilines is 3. The first-order valence-electron chi connectivity index (χ1n) is 20.3. The number of rotatable bonds is 8. The molecule has 0 unspecified atom stereocenters. The fourth-order valence-electron chi connectivity index (χ4n) is 4.73. The number of halogens is 3. The Morgan fingerprint density at radius 2 is 1.50 bits per heavy atom. The highest BCUT2D eigenvalue weighted by molar-refractivity contribution is 6.02. The summed E-state index contributed by atoms with van der Waals surface area (Å²) < 4.78 is 45.2. The Kier molecular flexibility index (Phi) is 24.6. The van der Waals surface area contributed by atoms with Crippen molar-refractivity contribution < 1.29 is 22.7 Å². The highest BCUT2D eigenvalue weighted by Gasteiger charge is 2.29. The average molecular weight is 784 g/mol. The predicted octanol–water partition coefficient (Wildman–Crippen LogP) is 11.8. The lowest BCUT2D eigenvalue weighted by atomic mass is 10.2. The number of alkyl halides is 1. The SMILES string of the molecule is C/C=C/C.CC.CC.CC1CC1.CCCC.CF.Cc1cc2c(F)c(Oc3ncnc(Nc4ccc(N5CCNCC5)cc4)c3C(=O)NC3CC3)cc(F)c2[nH]1. The highest BCUT2D eigenvalue weighted by Crippen LogP contribution is 2.35. The molecule has 3 heterocycles. The van der Waals surface area contributed by atoms with Crippen molar-refractivity contribution in [3.05, 3.63) is 77.8 Å². The van der Waals surface area contributed by atoms with Crippen LogP contribution >= 0.6 is 0 Å². The first-order valence-corrected chi connectivity index (χ1v) is 20.3. The number of ether oxygens (including phenoxy) is 1. The van der Waals surface area contributed by atoms with Crippen LogP contribution in [-0.4, -0.2) is 60.3 Å². The van der Waals surface area contributed by atoms with Crippen LogP contribution in [0.4, 0.5) is 30.4 Å². The molecule has 2 saturated carbocycles. The topological polar surface area (TPSA) is 107 Å². The second kappa shape index (κ2) is 27.9. The smallest absolute Gasteiger partial charge is 0.260 e. The Labute approximate surface area is 334 Å². The molecule has 0 spiro atoms. The second-order valence-electron chi connectivity index (χ2n) is 12.9. The molecule has 1 amide bonds. The van der Waals surface area contributed by atoms with Crippen LogP contribution in [0.25, 0.3) is 10.9 Å². The maximum atomic E-state index is 15.3. The largest absolute Gasteiger partial charge is 0.435 e. The Bertz CT molecular complexity index is 1690. The summed E-state index contributed by atoms with van der Waals surface area (Å²) in [4.78, 5) is 26.7. The molecule has 3 fully saturated rings. The van der Waals surface area contributed by atoms with Crippen LogP contribution in [0.1, 0.15) is 117 Å². The van der Waals surface area contributed by atoms with Crippen molar-refractivity contribution in [2.45, 2.75) is 114 Å². The van der Waals surface area contributed by atoms with E-state index in [1.54, 1.807) is 6.92 Å². The van der Waals surface area contributed by atoms with Gasteiger partial charge in [-0.1, -0.05) is 86.3 Å². The third kappa shape index (κ3) is 16.6. The van der Waals surface area contributed by atoms with Gasteiger partial charge >= 0.3 is 0 Å². The lowest BCUT2D eigenvalue weighted by Gasteiger charge is -2.29. The number of nitrogens with one attached hydrogen (secondary N) is 4. The van der Waals surface area contributed by atoms with Gasteiger partial charge in [-0.05, 0) is 69.9 Å². The fraction of sp³-hybridized carbons (Fsp3) is 0.523. The number of aromatic amines is 1. The van der Waals surface area contributed by atoms with E-state index in [1.807, 2.05) is 78.0 Å². The summed E-state index contributed by atoms with van der Waals surface area (Å²) in [6.45, 7) is 24.1. The molecule has 12 heteroatoms. The van der Waals surface area contributed by atoms with Gasteiger partial charge in [0.05, 0.1) is 12.7 Å². The number of unbranched alkanes of at least 4 members (excludes halogenated alkanes) is 1. The summed E-state index contributed by atoms with van der Waals surface area (Å²) in [5, 5.41) is 9.47. The van der Waals surface area contributed by atoms with Crippen LogP contribution in [0.5, 0.6) is 11.6 Å². The van der Waals surface area contributed by atoms with E-state index in [1.165, 1.54) is 38.1 Å². The Morgan fingerprint density at radius 3 is 2.00 bits per heavy atom. The number of aryl methyl sites for hydroxylation is 1. The van der Waals surface area contributed by atoms with Crippen LogP contribution < -0.4 is 25.6 Å². The molecule has 1 aliphatic heterocycles. The van der Waals surface area contributed by atoms with Crippen LogP contribution in [0.3, 0.4) is 0 Å². The van der Waals surface area contributed by atoms with Crippen molar-refractivity contribution in [1.82, 2.24) is 25.6 Å². The lowest BCUT2D eigenvalue weighted by Crippen LogP contribution is -2.43. The van der Waals surface area contributed by atoms with E-state index in [2.05, 4.69) is 56.6 Å². The summed E-state index contributed by atoms with van der Waals surface area (Å²) >= 11 is 0. The van der Waals surface area contributed by atoms with Crippen LogP contribution in [0, 0.1) is 24.5 Å². The minimum atomic E-state index is -0.754. The summed E-state index contributed by atoms with van der Waals surface area (Å²) in [6.07, 6.45) is 12.6. The van der Waals surface area contributed by atoms with E-state index in [-0.39, 0.29) is 40.0 Å². The molecule has 9 nitrogen and oxygen atoms in total. The molecular weight excluding hydrogens is 716 g/mol. The molecule has 56 heavy (non-hydrogen) atoms. The van der Waals surface area contributed by atoms with E-state index in [9.17, 15) is 13.6 Å². The number of aromatic nitrogens is 3. The number of benzene rings is 2. The zero-order valence-corrected chi connectivity index (χ0v) is 35.7. The first kappa shape index (κ1) is 49.4. The third-order valence-corrected chi connectivity index (χ3v) is 8.37. The lowest BCUT2D eigenvalue weighted by molar-refractivity contribution is 0.0948. The quantitative estimate of drug-likeness (QED) is 0.132. The normalized spacial score (nSPS) is 13.9. The van der Waals surface area contributed by atoms with Crippen LogP contribution in [0.2, 0.25) is 0 Å². The molecule has 0 bridgehead atoms. The van der Waals surface area contributed by atoms with Crippen molar-refractivity contribution in [2.75, 3.05) is 43.6 Å². The molecule has 0 atom stereocenters. The van der Waals surface area contributed by atoms with Gasteiger partial charge in [-0.15, -0.1) is 0 Å². The highest BCUT2D eigenvalue weighted by atomic mass is 19.1. The molecule has 3 aliphatic rings. The summed E-state index contributed by atoms with van der Waals surface area (Å²) in [5.74, 6) is -1.16. The van der Waals surface area contributed by atoms with Gasteiger partial charge in [0.1, 0.15) is 11.9 Å². The number of H-pyrrole nitrogens is 1. The van der Waals surface area contributed by atoms with Crippen LogP contribution in [-0.2, 0) is 0 Å². The van der Waals surface area contributed by atoms with Crippen molar-refractivity contribution in [2.24, 2.45) is 5.92 Å². The number of allylic oxidation sites excluding steroid dienone is 2.